The van der Waals surface area contributed by atoms with E-state index in [1.54, 1.807) is 12.1 Å². The molecule has 1 aromatic rings. The molecule has 0 aliphatic heterocycles. The Morgan fingerprint density at radius 2 is 1.79 bits per heavy atom. The van der Waals surface area contributed by atoms with E-state index in [4.69, 9.17) is 19.9 Å². The molecule has 5 nitrogen and oxygen atoms in total. The van der Waals surface area contributed by atoms with Gasteiger partial charge in [-0.15, -0.1) is 0 Å². The fourth-order valence-corrected chi connectivity index (χ4v) is 2.95. The lowest BCUT2D eigenvalue weighted by Crippen LogP contribution is -2.40. The highest BCUT2D eigenvalue weighted by Gasteiger charge is 2.34. The van der Waals surface area contributed by atoms with E-state index in [1.807, 2.05) is 31.2 Å². The van der Waals surface area contributed by atoms with E-state index < -0.39 is 0 Å². The predicted octanol–water partition coefficient (Wildman–Crippen LogP) is 3.13. The highest BCUT2D eigenvalue weighted by molar-refractivity contribution is 5.98. The third-order valence-electron chi connectivity index (χ3n) is 4.56. The van der Waals surface area contributed by atoms with Crippen LogP contribution in [0.5, 0.6) is 17.2 Å². The van der Waals surface area contributed by atoms with E-state index in [0.29, 0.717) is 29.2 Å². The Balaban J connectivity index is 2.35. The Hall–Kier alpha value is -2.27. The number of carbonyl (C=O) groups excluding carboxylic acids is 1. The van der Waals surface area contributed by atoms with E-state index in [2.05, 4.69) is 0 Å². The molecule has 0 amide bonds. The molecule has 0 aromatic heterocycles. The van der Waals surface area contributed by atoms with Crippen LogP contribution in [0.25, 0.3) is 0 Å². The molecule has 0 heterocycles. The summed E-state index contributed by atoms with van der Waals surface area (Å²) in [6, 6.07) is 3.23. The lowest BCUT2D eigenvalue weighted by atomic mass is 9.72. The van der Waals surface area contributed by atoms with Gasteiger partial charge in [-0.3, -0.25) is 4.79 Å². The smallest absolute Gasteiger partial charge is 0.203 e. The van der Waals surface area contributed by atoms with Gasteiger partial charge in [0.25, 0.3) is 0 Å². The number of hydrogen-bond donors (Lipinski definition) is 1. The van der Waals surface area contributed by atoms with Crippen LogP contribution in [0.2, 0.25) is 0 Å². The molecule has 2 N–H and O–H groups in total. The number of ether oxygens (including phenoxy) is 3. The van der Waals surface area contributed by atoms with Crippen LogP contribution in [0.15, 0.2) is 36.4 Å². The third kappa shape index (κ3) is 3.46. The number of rotatable bonds is 7. The zero-order valence-electron chi connectivity index (χ0n) is 14.7. The van der Waals surface area contributed by atoms with Crippen molar-refractivity contribution in [3.8, 4) is 17.2 Å². The molecule has 0 bridgehead atoms. The molecule has 0 spiro atoms. The maximum Gasteiger partial charge on any atom is 0.203 e. The van der Waals surface area contributed by atoms with Gasteiger partial charge >= 0.3 is 0 Å². The van der Waals surface area contributed by atoms with Crippen molar-refractivity contribution in [2.75, 3.05) is 21.3 Å². The summed E-state index contributed by atoms with van der Waals surface area (Å²) in [4.78, 5) is 12.9. The maximum absolute atomic E-state index is 12.9. The summed E-state index contributed by atoms with van der Waals surface area (Å²) in [7, 11) is 4.60. The average Bonchev–Trinajstić information content (AvgIpc) is 2.60. The van der Waals surface area contributed by atoms with Gasteiger partial charge < -0.3 is 19.9 Å². The number of allylic oxidation sites excluding steroid dienone is 3. The molecular weight excluding hydrogens is 306 g/mol. The predicted molar refractivity (Wildman–Crippen MR) is 94.0 cm³/mol. The van der Waals surface area contributed by atoms with Crippen molar-refractivity contribution in [3.05, 3.63) is 42.0 Å². The average molecular weight is 331 g/mol. The van der Waals surface area contributed by atoms with E-state index in [0.717, 1.165) is 6.42 Å². The van der Waals surface area contributed by atoms with Crippen molar-refractivity contribution >= 4 is 5.78 Å². The summed E-state index contributed by atoms with van der Waals surface area (Å²) in [5, 5.41) is 0. The minimum atomic E-state index is -0.369. The quantitative estimate of drug-likeness (QED) is 0.777. The first kappa shape index (κ1) is 18.1. The monoisotopic (exact) mass is 331 g/mol. The molecule has 1 aromatic carbocycles. The van der Waals surface area contributed by atoms with Crippen LogP contribution in [-0.2, 0) is 0 Å². The molecule has 0 radical (unpaired) electrons. The Morgan fingerprint density at radius 3 is 2.21 bits per heavy atom. The first-order chi connectivity index (χ1) is 11.5. The molecule has 2 atom stereocenters. The normalized spacial score (nSPS) is 20.5. The second kappa shape index (κ2) is 7.53. The summed E-state index contributed by atoms with van der Waals surface area (Å²) >= 11 is 0. The molecule has 5 heteroatoms. The highest BCUT2D eigenvalue weighted by Crippen LogP contribution is 2.40. The fraction of sp³-hybridized carbons (Fsp3) is 0.421. The van der Waals surface area contributed by atoms with Gasteiger partial charge in [0.2, 0.25) is 5.75 Å². The molecule has 0 saturated carbocycles. The second-order valence-electron chi connectivity index (χ2n) is 6.03. The number of methoxy groups -OCH3 is 3. The summed E-state index contributed by atoms with van der Waals surface area (Å²) < 4.78 is 15.9. The summed E-state index contributed by atoms with van der Waals surface area (Å²) in [5.41, 5.74) is 6.33. The van der Waals surface area contributed by atoms with Crippen LogP contribution in [0, 0.1) is 5.41 Å². The van der Waals surface area contributed by atoms with Gasteiger partial charge in [-0.1, -0.05) is 24.3 Å². The van der Waals surface area contributed by atoms with Crippen LogP contribution in [-0.4, -0.2) is 33.2 Å². The van der Waals surface area contributed by atoms with E-state index in [-0.39, 0.29) is 17.2 Å². The SMILES string of the molecule is COc1cc(C(=O)CC2([C@H](C)N)C=CC=CC2)cc(OC)c1OC. The van der Waals surface area contributed by atoms with Crippen LogP contribution in [0.4, 0.5) is 0 Å². The lowest BCUT2D eigenvalue weighted by molar-refractivity contribution is 0.0923. The Morgan fingerprint density at radius 1 is 1.17 bits per heavy atom. The minimum absolute atomic E-state index is 0.00787. The number of hydrogen-bond acceptors (Lipinski definition) is 5. The molecular formula is C19H25NO4. The van der Waals surface area contributed by atoms with Crippen molar-refractivity contribution in [3.63, 3.8) is 0 Å². The number of carbonyl (C=O) groups is 1. The topological polar surface area (TPSA) is 70.8 Å². The molecule has 0 fully saturated rings. The van der Waals surface area contributed by atoms with Gasteiger partial charge in [-0.05, 0) is 25.5 Å². The molecule has 0 saturated heterocycles. The maximum atomic E-state index is 12.9. The van der Waals surface area contributed by atoms with Gasteiger partial charge in [0, 0.05) is 23.4 Å². The fourth-order valence-electron chi connectivity index (χ4n) is 2.95. The zero-order valence-corrected chi connectivity index (χ0v) is 14.7. The summed E-state index contributed by atoms with van der Waals surface area (Å²) in [6.07, 6.45) is 9.08. The largest absolute Gasteiger partial charge is 0.493 e. The summed E-state index contributed by atoms with van der Waals surface area (Å²) in [6.45, 7) is 1.94. The highest BCUT2D eigenvalue weighted by atomic mass is 16.5. The molecule has 24 heavy (non-hydrogen) atoms. The van der Waals surface area contributed by atoms with Gasteiger partial charge in [-0.25, -0.2) is 0 Å². The van der Waals surface area contributed by atoms with Gasteiger partial charge in [-0.2, -0.15) is 0 Å². The Bertz CT molecular complexity index is 638. The molecule has 2 rings (SSSR count). The minimum Gasteiger partial charge on any atom is -0.493 e. The van der Waals surface area contributed by atoms with Crippen LogP contribution >= 0.6 is 0 Å². The number of benzene rings is 1. The molecule has 1 unspecified atom stereocenters. The molecule has 130 valence electrons. The standard InChI is InChI=1S/C19H25NO4/c1-13(20)19(8-6-5-7-9-19)12-15(21)14-10-16(22-2)18(24-4)17(11-14)23-3/h5-8,10-11,13H,9,12,20H2,1-4H3/t13-,19?/m0/s1. The van der Waals surface area contributed by atoms with Crippen molar-refractivity contribution < 1.29 is 19.0 Å². The number of Topliss-reactive ketones (excluding diaryl/α,β-unsaturated/α-hetero) is 1. The lowest BCUT2D eigenvalue weighted by Gasteiger charge is -2.34. The second-order valence-corrected chi connectivity index (χ2v) is 6.03. The van der Waals surface area contributed by atoms with Gasteiger partial charge in [0.1, 0.15) is 0 Å². The van der Waals surface area contributed by atoms with Crippen molar-refractivity contribution in [1.29, 1.82) is 0 Å². The Kier molecular flexibility index (Phi) is 5.67. The van der Waals surface area contributed by atoms with Crippen LogP contribution < -0.4 is 19.9 Å². The zero-order chi connectivity index (χ0) is 17.7. The van der Waals surface area contributed by atoms with Gasteiger partial charge in [0.05, 0.1) is 21.3 Å². The summed E-state index contributed by atoms with van der Waals surface area (Å²) in [5.74, 6) is 1.40. The molecule has 1 aliphatic rings. The van der Waals surface area contributed by atoms with E-state index in [1.165, 1.54) is 21.3 Å². The van der Waals surface area contributed by atoms with Crippen molar-refractivity contribution in [1.82, 2.24) is 0 Å². The Labute approximate surface area is 143 Å². The third-order valence-corrected chi connectivity index (χ3v) is 4.56. The van der Waals surface area contributed by atoms with Crippen LogP contribution in [0.3, 0.4) is 0 Å². The van der Waals surface area contributed by atoms with Crippen molar-refractivity contribution in [2.45, 2.75) is 25.8 Å². The van der Waals surface area contributed by atoms with Crippen molar-refractivity contribution in [2.24, 2.45) is 11.1 Å². The van der Waals surface area contributed by atoms with E-state index in [9.17, 15) is 4.79 Å². The van der Waals surface area contributed by atoms with Gasteiger partial charge in [0.15, 0.2) is 17.3 Å². The van der Waals surface area contributed by atoms with E-state index >= 15 is 0 Å². The first-order valence-electron chi connectivity index (χ1n) is 7.90. The first-order valence-corrected chi connectivity index (χ1v) is 7.90. The number of nitrogens with two attached hydrogens (primary N) is 1. The molecule has 1 aliphatic carbocycles. The van der Waals surface area contributed by atoms with Crippen LogP contribution in [0.1, 0.15) is 30.1 Å². The number of ketones is 1.